The summed E-state index contributed by atoms with van der Waals surface area (Å²) in [6.07, 6.45) is 1.59. The zero-order valence-corrected chi connectivity index (χ0v) is 5.93. The summed E-state index contributed by atoms with van der Waals surface area (Å²) < 4.78 is 6.65. The van der Waals surface area contributed by atoms with E-state index < -0.39 is 0 Å². The summed E-state index contributed by atoms with van der Waals surface area (Å²) in [6.45, 7) is 0. The molecule has 5 nitrogen and oxygen atoms in total. The average molecular weight is 150 g/mol. The third kappa shape index (κ3) is 0.899. The Morgan fingerprint density at radius 1 is 1.55 bits per heavy atom. The standard InChI is InChI=1S/C6H6N4O/c1-10-6(7-8-9-10)5-3-2-4-11-5/h2-4H,1H3. The zero-order valence-electron chi connectivity index (χ0n) is 5.93. The summed E-state index contributed by atoms with van der Waals surface area (Å²) in [5.41, 5.74) is 0. The van der Waals surface area contributed by atoms with Crippen LogP contribution in [0, 0.1) is 0 Å². The van der Waals surface area contributed by atoms with Gasteiger partial charge in [0.1, 0.15) is 0 Å². The van der Waals surface area contributed by atoms with E-state index in [1.54, 1.807) is 24.1 Å². The topological polar surface area (TPSA) is 56.7 Å². The summed E-state index contributed by atoms with van der Waals surface area (Å²) in [6, 6.07) is 3.61. The van der Waals surface area contributed by atoms with Gasteiger partial charge in [-0.05, 0) is 22.6 Å². The molecule has 2 heterocycles. The fourth-order valence-electron chi connectivity index (χ4n) is 0.844. The number of aryl methyl sites for hydroxylation is 1. The van der Waals surface area contributed by atoms with E-state index in [9.17, 15) is 0 Å². The average Bonchev–Trinajstić information content (AvgIpc) is 2.55. The lowest BCUT2D eigenvalue weighted by Crippen LogP contribution is -1.92. The van der Waals surface area contributed by atoms with Gasteiger partial charge in [-0.1, -0.05) is 0 Å². The SMILES string of the molecule is Cn1nnnc1-c1ccco1. The van der Waals surface area contributed by atoms with E-state index in [0.29, 0.717) is 11.6 Å². The van der Waals surface area contributed by atoms with Gasteiger partial charge in [-0.15, -0.1) is 5.10 Å². The highest BCUT2D eigenvalue weighted by Gasteiger charge is 2.06. The quantitative estimate of drug-likeness (QED) is 0.593. The molecule has 0 unspecified atom stereocenters. The van der Waals surface area contributed by atoms with Gasteiger partial charge in [0.25, 0.3) is 0 Å². The predicted molar refractivity (Wildman–Crippen MR) is 36.5 cm³/mol. The molecule has 0 spiro atoms. The Kier molecular flexibility index (Phi) is 1.21. The molecule has 2 rings (SSSR count). The van der Waals surface area contributed by atoms with Crippen molar-refractivity contribution in [2.75, 3.05) is 0 Å². The van der Waals surface area contributed by atoms with Gasteiger partial charge < -0.3 is 4.42 Å². The van der Waals surface area contributed by atoms with E-state index in [2.05, 4.69) is 15.5 Å². The maximum atomic E-state index is 5.10. The lowest BCUT2D eigenvalue weighted by Gasteiger charge is -1.90. The number of aromatic nitrogens is 4. The van der Waals surface area contributed by atoms with Gasteiger partial charge in [0.2, 0.25) is 5.82 Å². The van der Waals surface area contributed by atoms with Crippen LogP contribution in [0.1, 0.15) is 0 Å². The first-order valence-electron chi connectivity index (χ1n) is 3.14. The van der Waals surface area contributed by atoms with Gasteiger partial charge >= 0.3 is 0 Å². The van der Waals surface area contributed by atoms with Crippen LogP contribution in [-0.4, -0.2) is 20.2 Å². The second-order valence-corrected chi connectivity index (χ2v) is 2.10. The number of hydrogen-bond acceptors (Lipinski definition) is 4. The van der Waals surface area contributed by atoms with Gasteiger partial charge in [0.15, 0.2) is 5.76 Å². The smallest absolute Gasteiger partial charge is 0.217 e. The first-order chi connectivity index (χ1) is 5.38. The predicted octanol–water partition coefficient (Wildman–Crippen LogP) is 0.470. The molecule has 0 fully saturated rings. The molecular formula is C6H6N4O. The Morgan fingerprint density at radius 2 is 2.45 bits per heavy atom. The van der Waals surface area contributed by atoms with Gasteiger partial charge in [-0.2, -0.15) is 0 Å². The zero-order chi connectivity index (χ0) is 7.68. The van der Waals surface area contributed by atoms with Crippen molar-refractivity contribution in [3.63, 3.8) is 0 Å². The Balaban J connectivity index is 2.53. The molecule has 0 radical (unpaired) electrons. The lowest BCUT2D eigenvalue weighted by molar-refractivity contribution is 0.570. The largest absolute Gasteiger partial charge is 0.461 e. The van der Waals surface area contributed by atoms with Crippen molar-refractivity contribution in [3.05, 3.63) is 18.4 Å². The van der Waals surface area contributed by atoms with Crippen molar-refractivity contribution in [1.29, 1.82) is 0 Å². The molecular weight excluding hydrogens is 144 g/mol. The van der Waals surface area contributed by atoms with Crippen molar-refractivity contribution in [2.24, 2.45) is 7.05 Å². The van der Waals surface area contributed by atoms with Crippen molar-refractivity contribution in [1.82, 2.24) is 20.2 Å². The highest BCUT2D eigenvalue weighted by Crippen LogP contribution is 2.13. The van der Waals surface area contributed by atoms with Crippen LogP contribution in [0.3, 0.4) is 0 Å². The molecule has 0 amide bonds. The first-order valence-corrected chi connectivity index (χ1v) is 3.14. The summed E-state index contributed by atoms with van der Waals surface area (Å²) in [7, 11) is 1.76. The monoisotopic (exact) mass is 150 g/mol. The molecule has 2 aromatic heterocycles. The van der Waals surface area contributed by atoms with Crippen LogP contribution in [0.5, 0.6) is 0 Å². The van der Waals surface area contributed by atoms with Crippen molar-refractivity contribution in [3.8, 4) is 11.6 Å². The Bertz CT molecular complexity index is 337. The van der Waals surface area contributed by atoms with E-state index >= 15 is 0 Å². The van der Waals surface area contributed by atoms with Crippen LogP contribution in [0.2, 0.25) is 0 Å². The van der Waals surface area contributed by atoms with Crippen LogP contribution < -0.4 is 0 Å². The minimum Gasteiger partial charge on any atom is -0.461 e. The first kappa shape index (κ1) is 6.09. The molecule has 0 aromatic carbocycles. The molecule has 0 saturated carbocycles. The Morgan fingerprint density at radius 3 is 3.00 bits per heavy atom. The van der Waals surface area contributed by atoms with Gasteiger partial charge in [-0.3, -0.25) is 0 Å². The van der Waals surface area contributed by atoms with E-state index in [4.69, 9.17) is 4.42 Å². The number of nitrogens with zero attached hydrogens (tertiary/aromatic N) is 4. The third-order valence-corrected chi connectivity index (χ3v) is 1.36. The molecule has 0 N–H and O–H groups in total. The number of hydrogen-bond donors (Lipinski definition) is 0. The number of rotatable bonds is 1. The summed E-state index contributed by atoms with van der Waals surface area (Å²) in [4.78, 5) is 0. The van der Waals surface area contributed by atoms with Crippen molar-refractivity contribution < 1.29 is 4.42 Å². The van der Waals surface area contributed by atoms with Gasteiger partial charge in [-0.25, -0.2) is 4.68 Å². The molecule has 0 aliphatic rings. The molecule has 0 saturated heterocycles. The van der Waals surface area contributed by atoms with Crippen LogP contribution in [0.15, 0.2) is 22.8 Å². The van der Waals surface area contributed by atoms with Gasteiger partial charge in [0, 0.05) is 7.05 Å². The van der Waals surface area contributed by atoms with Crippen LogP contribution >= 0.6 is 0 Å². The highest BCUT2D eigenvalue weighted by atomic mass is 16.3. The minimum atomic E-state index is 0.634. The minimum absolute atomic E-state index is 0.634. The van der Waals surface area contributed by atoms with Crippen LogP contribution in [-0.2, 0) is 7.05 Å². The third-order valence-electron chi connectivity index (χ3n) is 1.36. The lowest BCUT2D eigenvalue weighted by atomic mass is 10.4. The number of tetrazole rings is 1. The molecule has 0 aliphatic heterocycles. The molecule has 0 atom stereocenters. The second-order valence-electron chi connectivity index (χ2n) is 2.10. The maximum absolute atomic E-state index is 5.10. The Hall–Kier alpha value is -1.65. The normalized spacial score (nSPS) is 10.3. The van der Waals surface area contributed by atoms with Crippen LogP contribution in [0.4, 0.5) is 0 Å². The Labute approximate surface area is 62.6 Å². The van der Waals surface area contributed by atoms with E-state index in [-0.39, 0.29) is 0 Å². The molecule has 2 aromatic rings. The van der Waals surface area contributed by atoms with E-state index in [1.165, 1.54) is 0 Å². The molecule has 5 heteroatoms. The molecule has 0 bridgehead atoms. The molecule has 56 valence electrons. The summed E-state index contributed by atoms with van der Waals surface area (Å²) >= 11 is 0. The van der Waals surface area contributed by atoms with Crippen molar-refractivity contribution >= 4 is 0 Å². The van der Waals surface area contributed by atoms with E-state index in [0.717, 1.165) is 0 Å². The summed E-state index contributed by atoms with van der Waals surface area (Å²) in [5.74, 6) is 1.31. The summed E-state index contributed by atoms with van der Waals surface area (Å²) in [5, 5.41) is 10.9. The number of furan rings is 1. The fourth-order valence-corrected chi connectivity index (χ4v) is 0.844. The maximum Gasteiger partial charge on any atom is 0.217 e. The second kappa shape index (κ2) is 2.19. The highest BCUT2D eigenvalue weighted by molar-refractivity contribution is 5.44. The van der Waals surface area contributed by atoms with E-state index in [1.807, 2.05) is 6.07 Å². The molecule has 11 heavy (non-hydrogen) atoms. The molecule has 0 aliphatic carbocycles. The van der Waals surface area contributed by atoms with Gasteiger partial charge in [0.05, 0.1) is 6.26 Å². The fraction of sp³-hybridized carbons (Fsp3) is 0.167. The van der Waals surface area contributed by atoms with Crippen molar-refractivity contribution in [2.45, 2.75) is 0 Å². The van der Waals surface area contributed by atoms with Crippen LogP contribution in [0.25, 0.3) is 11.6 Å².